The topological polar surface area (TPSA) is 179 Å². The number of nitrogens with zero attached hydrogens (tertiary/aromatic N) is 3. The van der Waals surface area contributed by atoms with Crippen LogP contribution in [0.15, 0.2) is 36.4 Å². The Balaban J connectivity index is 0.000000312. The van der Waals surface area contributed by atoms with Crippen LogP contribution in [-0.4, -0.2) is 118 Å². The number of hydrogen-bond donors (Lipinski definition) is 3. The summed E-state index contributed by atoms with van der Waals surface area (Å²) in [6.07, 6.45) is -9.30. The first-order valence-corrected chi connectivity index (χ1v) is 16.0. The SMILES string of the molecule is CCOC(C)=O.Nc1cc(C(=O)NCCN2CCOCC2)cc(C(F)(F)F)c1.O=C(NCCN1CCOCC1)c1cc([N+](=O)[O-])cc(C(F)(F)F)c1. The summed E-state index contributed by atoms with van der Waals surface area (Å²) in [6.45, 7) is 10.9. The largest absolute Gasteiger partial charge is 0.466 e. The third-order valence-corrected chi connectivity index (χ3v) is 7.25. The fraction of sp³-hybridized carbons (Fsp3) is 0.531. The number of nitro groups is 1. The number of nitrogens with two attached hydrogens (primary N) is 1. The van der Waals surface area contributed by atoms with Crippen LogP contribution in [0.2, 0.25) is 0 Å². The molecule has 2 aromatic rings. The van der Waals surface area contributed by atoms with Gasteiger partial charge in [-0.25, -0.2) is 0 Å². The number of alkyl halides is 6. The van der Waals surface area contributed by atoms with Crippen molar-refractivity contribution >= 4 is 29.2 Å². The first-order valence-electron chi connectivity index (χ1n) is 16.0. The van der Waals surface area contributed by atoms with Crippen LogP contribution in [0.1, 0.15) is 45.7 Å². The standard InChI is InChI=1S/C14H16F3N3O4.C14H18F3N3O2.C4H8O2/c15-14(16,17)11-7-10(8-12(9-11)20(22)23)13(21)18-1-2-19-3-5-24-6-4-19;15-14(16,17)11-7-10(8-12(18)9-11)13(21)19-1-2-20-3-5-22-6-4-20;1-3-6-4(2)5/h7-9H,1-6H2,(H,18,21);7-9H,1-6,18H2,(H,19,21);3H2,1-2H3. The van der Waals surface area contributed by atoms with E-state index in [0.29, 0.717) is 77.9 Å². The van der Waals surface area contributed by atoms with Crippen molar-refractivity contribution in [2.75, 3.05) is 91.1 Å². The fourth-order valence-electron chi connectivity index (χ4n) is 4.67. The normalized spacial score (nSPS) is 15.2. The molecule has 52 heavy (non-hydrogen) atoms. The highest BCUT2D eigenvalue weighted by Gasteiger charge is 2.34. The number of morpholine rings is 2. The van der Waals surface area contributed by atoms with Crippen LogP contribution in [0.4, 0.5) is 37.7 Å². The molecular formula is C32H42F6N6O8. The summed E-state index contributed by atoms with van der Waals surface area (Å²) in [5.41, 5.74) is 1.94. The van der Waals surface area contributed by atoms with E-state index in [2.05, 4.69) is 20.3 Å². The van der Waals surface area contributed by atoms with Gasteiger partial charge in [0.1, 0.15) is 0 Å². The molecule has 4 N–H and O–H groups in total. The number of hydrogen-bond acceptors (Lipinski definition) is 11. The molecule has 0 unspecified atom stereocenters. The van der Waals surface area contributed by atoms with Crippen molar-refractivity contribution in [1.82, 2.24) is 20.4 Å². The van der Waals surface area contributed by atoms with E-state index in [9.17, 15) is 50.8 Å². The number of rotatable bonds is 10. The van der Waals surface area contributed by atoms with Crippen LogP contribution in [0.5, 0.6) is 0 Å². The van der Waals surface area contributed by atoms with Crippen LogP contribution >= 0.6 is 0 Å². The van der Waals surface area contributed by atoms with Crippen molar-refractivity contribution < 1.29 is 59.9 Å². The zero-order valence-electron chi connectivity index (χ0n) is 28.6. The van der Waals surface area contributed by atoms with Gasteiger partial charge in [-0.15, -0.1) is 0 Å². The zero-order valence-corrected chi connectivity index (χ0v) is 28.6. The number of ether oxygens (including phenoxy) is 3. The van der Waals surface area contributed by atoms with E-state index < -0.39 is 51.5 Å². The number of nitrogen functional groups attached to an aromatic ring is 1. The molecule has 2 heterocycles. The van der Waals surface area contributed by atoms with Crippen LogP contribution in [-0.2, 0) is 31.4 Å². The van der Waals surface area contributed by atoms with Crippen LogP contribution < -0.4 is 16.4 Å². The Morgan fingerprint density at radius 3 is 1.58 bits per heavy atom. The lowest BCUT2D eigenvalue weighted by Gasteiger charge is -2.26. The second-order valence-corrected chi connectivity index (χ2v) is 11.2. The summed E-state index contributed by atoms with van der Waals surface area (Å²) in [5.74, 6) is -1.55. The van der Waals surface area contributed by atoms with Gasteiger partial charge in [0.25, 0.3) is 17.5 Å². The molecule has 14 nitrogen and oxygen atoms in total. The maximum atomic E-state index is 12.8. The number of nitro benzene ring substituents is 1. The summed E-state index contributed by atoms with van der Waals surface area (Å²) >= 11 is 0. The maximum Gasteiger partial charge on any atom is 0.416 e. The maximum absolute atomic E-state index is 12.8. The van der Waals surface area contributed by atoms with Crippen molar-refractivity contribution in [2.45, 2.75) is 26.2 Å². The van der Waals surface area contributed by atoms with Gasteiger partial charge in [-0.05, 0) is 31.2 Å². The van der Waals surface area contributed by atoms with E-state index in [1.807, 2.05) is 4.90 Å². The molecule has 20 heteroatoms. The number of non-ortho nitro benzene ring substituents is 1. The molecule has 2 aliphatic heterocycles. The molecule has 2 amide bonds. The molecule has 2 saturated heterocycles. The molecule has 0 radical (unpaired) electrons. The van der Waals surface area contributed by atoms with Crippen molar-refractivity contribution in [2.24, 2.45) is 0 Å². The summed E-state index contributed by atoms with van der Waals surface area (Å²) in [6, 6.07) is 4.70. The van der Waals surface area contributed by atoms with Gasteiger partial charge in [-0.1, -0.05) is 0 Å². The Bertz CT molecular complexity index is 1480. The number of nitrogens with one attached hydrogen (secondary N) is 2. The van der Waals surface area contributed by atoms with E-state index in [1.165, 1.54) is 13.0 Å². The Morgan fingerprint density at radius 2 is 1.21 bits per heavy atom. The number of benzene rings is 2. The molecule has 2 fully saturated rings. The van der Waals surface area contributed by atoms with E-state index in [4.69, 9.17) is 15.2 Å². The third-order valence-electron chi connectivity index (χ3n) is 7.25. The summed E-state index contributed by atoms with van der Waals surface area (Å²) in [7, 11) is 0. The third kappa shape index (κ3) is 16.2. The van der Waals surface area contributed by atoms with Crippen molar-refractivity contribution in [3.8, 4) is 0 Å². The molecule has 2 aliphatic rings. The van der Waals surface area contributed by atoms with Gasteiger partial charge < -0.3 is 30.6 Å². The minimum atomic E-state index is -4.77. The molecule has 0 atom stereocenters. The van der Waals surface area contributed by atoms with E-state index in [1.54, 1.807) is 6.92 Å². The number of amides is 2. The zero-order chi connectivity index (χ0) is 38.9. The van der Waals surface area contributed by atoms with Gasteiger partial charge in [0.15, 0.2) is 0 Å². The predicted octanol–water partition coefficient (Wildman–Crippen LogP) is 3.59. The Hall–Kier alpha value is -4.53. The number of carbonyl (C=O) groups excluding carboxylic acids is 3. The molecule has 2 aromatic carbocycles. The van der Waals surface area contributed by atoms with Gasteiger partial charge in [0, 0.05) is 88.2 Å². The number of carbonyl (C=O) groups is 3. The second kappa shape index (κ2) is 21.1. The van der Waals surface area contributed by atoms with Gasteiger partial charge in [-0.2, -0.15) is 26.3 Å². The first kappa shape index (κ1) is 43.6. The second-order valence-electron chi connectivity index (χ2n) is 11.2. The molecule has 0 bridgehead atoms. The van der Waals surface area contributed by atoms with Crippen molar-refractivity contribution in [1.29, 1.82) is 0 Å². The lowest BCUT2D eigenvalue weighted by atomic mass is 10.1. The van der Waals surface area contributed by atoms with Crippen molar-refractivity contribution in [3.63, 3.8) is 0 Å². The van der Waals surface area contributed by atoms with Gasteiger partial charge in [0.05, 0.1) is 49.1 Å². The number of halogens is 6. The smallest absolute Gasteiger partial charge is 0.416 e. The van der Waals surface area contributed by atoms with Gasteiger partial charge in [0.2, 0.25) is 0 Å². The lowest BCUT2D eigenvalue weighted by Crippen LogP contribution is -2.41. The molecule has 0 spiro atoms. The Kier molecular flexibility index (Phi) is 17.7. The summed E-state index contributed by atoms with van der Waals surface area (Å²) < 4.78 is 91.3. The molecule has 4 rings (SSSR count). The molecule has 0 saturated carbocycles. The van der Waals surface area contributed by atoms with E-state index in [-0.39, 0.29) is 23.8 Å². The highest BCUT2D eigenvalue weighted by Crippen LogP contribution is 2.33. The Morgan fingerprint density at radius 1 is 0.788 bits per heavy atom. The molecule has 290 valence electrons. The van der Waals surface area contributed by atoms with Crippen LogP contribution in [0, 0.1) is 10.1 Å². The minimum Gasteiger partial charge on any atom is -0.466 e. The lowest BCUT2D eigenvalue weighted by molar-refractivity contribution is -0.385. The quantitative estimate of drug-likeness (QED) is 0.106. The molecule has 0 aromatic heterocycles. The van der Waals surface area contributed by atoms with Gasteiger partial charge >= 0.3 is 18.3 Å². The van der Waals surface area contributed by atoms with Crippen molar-refractivity contribution in [3.05, 3.63) is 68.8 Å². The summed E-state index contributed by atoms with van der Waals surface area (Å²) in [5, 5.41) is 15.9. The monoisotopic (exact) mass is 752 g/mol. The van der Waals surface area contributed by atoms with Crippen LogP contribution in [0.3, 0.4) is 0 Å². The highest BCUT2D eigenvalue weighted by molar-refractivity contribution is 5.95. The molecular weight excluding hydrogens is 710 g/mol. The first-order chi connectivity index (χ1) is 24.4. The highest BCUT2D eigenvalue weighted by atomic mass is 19.4. The molecule has 0 aliphatic carbocycles. The number of anilines is 1. The fourth-order valence-corrected chi connectivity index (χ4v) is 4.67. The average molecular weight is 753 g/mol. The predicted molar refractivity (Wildman–Crippen MR) is 175 cm³/mol. The number of esters is 1. The van der Waals surface area contributed by atoms with E-state index >= 15 is 0 Å². The average Bonchev–Trinajstić information content (AvgIpc) is 3.08. The van der Waals surface area contributed by atoms with Crippen LogP contribution in [0.25, 0.3) is 0 Å². The summed E-state index contributed by atoms with van der Waals surface area (Å²) in [4.78, 5) is 47.7. The minimum absolute atomic E-state index is 0.0886. The Labute approximate surface area is 295 Å². The van der Waals surface area contributed by atoms with E-state index in [0.717, 1.165) is 31.3 Å². The van der Waals surface area contributed by atoms with Gasteiger partial charge in [-0.3, -0.25) is 34.3 Å².